The molecule has 1 aliphatic rings. The Hall–Kier alpha value is -2.49. The summed E-state index contributed by atoms with van der Waals surface area (Å²) in [4.78, 5) is 12.3. The average Bonchev–Trinajstić information content (AvgIpc) is 2.87. The lowest BCUT2D eigenvalue weighted by molar-refractivity contribution is -0.118. The summed E-state index contributed by atoms with van der Waals surface area (Å²) in [6.45, 7) is 8.26. The van der Waals surface area contributed by atoms with Gasteiger partial charge in [-0.25, -0.2) is 0 Å². The van der Waals surface area contributed by atoms with Crippen LogP contribution in [-0.4, -0.2) is 18.1 Å². The fraction of sp³-hybridized carbons (Fsp3) is 0.381. The van der Waals surface area contributed by atoms with Crippen molar-refractivity contribution in [3.8, 4) is 11.5 Å². The van der Waals surface area contributed by atoms with Gasteiger partial charge < -0.3 is 14.8 Å². The van der Waals surface area contributed by atoms with E-state index in [1.54, 1.807) is 0 Å². The van der Waals surface area contributed by atoms with Crippen LogP contribution in [0.1, 0.15) is 44.7 Å². The second-order valence-electron chi connectivity index (χ2n) is 7.36. The van der Waals surface area contributed by atoms with Crippen LogP contribution in [0, 0.1) is 0 Å². The normalized spacial score (nSPS) is 14.8. The molecule has 0 saturated heterocycles. The molecule has 0 unspecified atom stereocenters. The lowest BCUT2D eigenvalue weighted by atomic mass is 10.0. The molecule has 0 bridgehead atoms. The molecule has 0 aliphatic carbocycles. The molecule has 0 saturated carbocycles. The van der Waals surface area contributed by atoms with E-state index >= 15 is 0 Å². The molecule has 4 heteroatoms. The summed E-state index contributed by atoms with van der Waals surface area (Å²) < 4.78 is 11.7. The van der Waals surface area contributed by atoms with Crippen LogP contribution < -0.4 is 14.8 Å². The third kappa shape index (κ3) is 3.95. The lowest BCUT2D eigenvalue weighted by Gasteiger charge is -2.18. The van der Waals surface area contributed by atoms with Crippen LogP contribution in [0.25, 0.3) is 0 Å². The number of hydrogen-bond acceptors (Lipinski definition) is 3. The summed E-state index contributed by atoms with van der Waals surface area (Å²) in [6, 6.07) is 13.7. The van der Waals surface area contributed by atoms with Crippen LogP contribution in [0.2, 0.25) is 0 Å². The molecule has 25 heavy (non-hydrogen) atoms. The Morgan fingerprint density at radius 3 is 2.72 bits per heavy atom. The van der Waals surface area contributed by atoms with Gasteiger partial charge >= 0.3 is 0 Å². The second kappa shape index (κ2) is 6.79. The Morgan fingerprint density at radius 2 is 1.96 bits per heavy atom. The van der Waals surface area contributed by atoms with Crippen LogP contribution in [0.3, 0.4) is 0 Å². The van der Waals surface area contributed by atoms with E-state index in [1.807, 2.05) is 56.3 Å². The van der Waals surface area contributed by atoms with Gasteiger partial charge in [-0.1, -0.05) is 44.2 Å². The van der Waals surface area contributed by atoms with Gasteiger partial charge in [-0.2, -0.15) is 0 Å². The monoisotopic (exact) mass is 339 g/mol. The molecule has 0 fully saturated rings. The summed E-state index contributed by atoms with van der Waals surface area (Å²) in [6.07, 6.45) is 0.841. The lowest BCUT2D eigenvalue weighted by Crippen LogP contribution is -2.25. The van der Waals surface area contributed by atoms with Gasteiger partial charge in [0.1, 0.15) is 5.60 Å². The topological polar surface area (TPSA) is 47.6 Å². The third-order valence-electron chi connectivity index (χ3n) is 4.27. The van der Waals surface area contributed by atoms with Crippen molar-refractivity contribution in [3.05, 3.63) is 53.6 Å². The van der Waals surface area contributed by atoms with Crippen molar-refractivity contribution in [1.82, 2.24) is 0 Å². The van der Waals surface area contributed by atoms with E-state index in [4.69, 9.17) is 9.47 Å². The highest BCUT2D eigenvalue weighted by Crippen LogP contribution is 2.41. The molecule has 2 aromatic carbocycles. The zero-order valence-corrected chi connectivity index (χ0v) is 15.3. The molecule has 4 nitrogen and oxygen atoms in total. The molecule has 132 valence electrons. The van der Waals surface area contributed by atoms with Crippen molar-refractivity contribution in [2.24, 2.45) is 0 Å². The predicted molar refractivity (Wildman–Crippen MR) is 99.5 cm³/mol. The van der Waals surface area contributed by atoms with Crippen molar-refractivity contribution in [3.63, 3.8) is 0 Å². The SMILES string of the molecule is CC(C)c1ccccc1NC(=O)COc1cccc2c1OC(C)(C)C2. The summed E-state index contributed by atoms with van der Waals surface area (Å²) in [5.74, 6) is 1.53. The second-order valence-corrected chi connectivity index (χ2v) is 7.36. The van der Waals surface area contributed by atoms with Crippen LogP contribution in [0.4, 0.5) is 5.69 Å². The number of fused-ring (bicyclic) bond motifs is 1. The minimum atomic E-state index is -0.236. The van der Waals surface area contributed by atoms with E-state index < -0.39 is 0 Å². The van der Waals surface area contributed by atoms with E-state index in [1.165, 1.54) is 0 Å². The third-order valence-corrected chi connectivity index (χ3v) is 4.27. The molecule has 2 aromatic rings. The quantitative estimate of drug-likeness (QED) is 0.870. The van der Waals surface area contributed by atoms with Gasteiger partial charge in [0.05, 0.1) is 0 Å². The first kappa shape index (κ1) is 17.3. The van der Waals surface area contributed by atoms with Crippen molar-refractivity contribution >= 4 is 11.6 Å². The molecule has 1 heterocycles. The maximum Gasteiger partial charge on any atom is 0.262 e. The fourth-order valence-electron chi connectivity index (χ4n) is 3.14. The van der Waals surface area contributed by atoms with Crippen LogP contribution in [-0.2, 0) is 11.2 Å². The highest BCUT2D eigenvalue weighted by atomic mass is 16.5. The van der Waals surface area contributed by atoms with Crippen molar-refractivity contribution < 1.29 is 14.3 Å². The summed E-state index contributed by atoms with van der Waals surface area (Å²) >= 11 is 0. The summed E-state index contributed by atoms with van der Waals surface area (Å²) in [5.41, 5.74) is 2.83. The smallest absolute Gasteiger partial charge is 0.262 e. The zero-order valence-electron chi connectivity index (χ0n) is 15.3. The van der Waals surface area contributed by atoms with E-state index in [0.29, 0.717) is 11.7 Å². The first-order chi connectivity index (χ1) is 11.9. The van der Waals surface area contributed by atoms with Crippen molar-refractivity contribution in [2.45, 2.75) is 45.6 Å². The number of carbonyl (C=O) groups is 1. The Balaban J connectivity index is 1.66. The number of hydrogen-bond donors (Lipinski definition) is 1. The number of carbonyl (C=O) groups excluding carboxylic acids is 1. The number of anilines is 1. The fourth-order valence-corrected chi connectivity index (χ4v) is 3.14. The highest BCUT2D eigenvalue weighted by molar-refractivity contribution is 5.92. The van der Waals surface area contributed by atoms with E-state index in [9.17, 15) is 4.79 Å². The van der Waals surface area contributed by atoms with Gasteiger partial charge in [-0.05, 0) is 37.5 Å². The first-order valence-corrected chi connectivity index (χ1v) is 8.68. The molecule has 0 radical (unpaired) electrons. The highest BCUT2D eigenvalue weighted by Gasteiger charge is 2.32. The number of para-hydroxylation sites is 2. The van der Waals surface area contributed by atoms with Gasteiger partial charge in [0.25, 0.3) is 5.91 Å². The Bertz CT molecular complexity index is 780. The van der Waals surface area contributed by atoms with Gasteiger partial charge in [-0.15, -0.1) is 0 Å². The molecule has 0 atom stereocenters. The Morgan fingerprint density at radius 1 is 1.20 bits per heavy atom. The molecule has 3 rings (SSSR count). The molecular formula is C21H25NO3. The largest absolute Gasteiger partial charge is 0.483 e. The number of amides is 1. The number of rotatable bonds is 5. The van der Waals surface area contributed by atoms with Gasteiger partial charge in [-0.3, -0.25) is 4.79 Å². The van der Waals surface area contributed by atoms with Gasteiger partial charge in [0.2, 0.25) is 0 Å². The summed E-state index contributed by atoms with van der Waals surface area (Å²) in [5, 5.41) is 2.94. The maximum atomic E-state index is 12.3. The number of benzene rings is 2. The predicted octanol–water partition coefficient (Wildman–Crippen LogP) is 4.54. The summed E-state index contributed by atoms with van der Waals surface area (Å²) in [7, 11) is 0. The van der Waals surface area contributed by atoms with Crippen LogP contribution >= 0.6 is 0 Å². The average molecular weight is 339 g/mol. The molecule has 0 spiro atoms. The Labute approximate surface area is 149 Å². The van der Waals surface area contributed by atoms with E-state index in [-0.39, 0.29) is 18.1 Å². The first-order valence-electron chi connectivity index (χ1n) is 8.68. The molecular weight excluding hydrogens is 314 g/mol. The van der Waals surface area contributed by atoms with Crippen molar-refractivity contribution in [1.29, 1.82) is 0 Å². The number of nitrogens with one attached hydrogen (secondary N) is 1. The van der Waals surface area contributed by atoms with E-state index in [0.717, 1.165) is 29.0 Å². The minimum Gasteiger partial charge on any atom is -0.483 e. The number of ether oxygens (including phenoxy) is 2. The zero-order chi connectivity index (χ0) is 18.0. The molecule has 1 aliphatic heterocycles. The van der Waals surface area contributed by atoms with Crippen molar-refractivity contribution in [2.75, 3.05) is 11.9 Å². The maximum absolute atomic E-state index is 12.3. The van der Waals surface area contributed by atoms with E-state index in [2.05, 4.69) is 19.2 Å². The van der Waals surface area contributed by atoms with Gasteiger partial charge in [0, 0.05) is 17.7 Å². The molecule has 1 N–H and O–H groups in total. The molecule has 1 amide bonds. The molecule has 0 aromatic heterocycles. The minimum absolute atomic E-state index is 0.0489. The standard InChI is InChI=1S/C21H25NO3/c1-14(2)16-9-5-6-10-17(16)22-19(23)13-24-18-11-7-8-15-12-21(3,4)25-20(15)18/h5-11,14H,12-13H2,1-4H3,(H,22,23). The van der Waals surface area contributed by atoms with Crippen LogP contribution in [0.15, 0.2) is 42.5 Å². The van der Waals surface area contributed by atoms with Crippen LogP contribution in [0.5, 0.6) is 11.5 Å². The van der Waals surface area contributed by atoms with Gasteiger partial charge in [0.15, 0.2) is 18.1 Å². The Kier molecular flexibility index (Phi) is 4.71.